The fourth-order valence-corrected chi connectivity index (χ4v) is 18.7. The molecule has 0 saturated heterocycles. The highest BCUT2D eigenvalue weighted by Crippen LogP contribution is 2.40. The Morgan fingerprint density at radius 1 is 0.605 bits per heavy atom. The van der Waals surface area contributed by atoms with E-state index in [4.69, 9.17) is 13.3 Å². The monoisotopic (exact) mass is 592 g/mol. The molecule has 2 aromatic rings. The minimum atomic E-state index is -3.22. The minimum absolute atomic E-state index is 0.596. The molecule has 0 bridgehead atoms. The molecule has 2 rings (SSSR count). The van der Waals surface area contributed by atoms with E-state index in [-0.39, 0.29) is 0 Å². The molecule has 214 valence electrons. The second-order valence-electron chi connectivity index (χ2n) is 12.9. The zero-order chi connectivity index (χ0) is 29.3. The Morgan fingerprint density at radius 2 is 1.00 bits per heavy atom. The Kier molecular flexibility index (Phi) is 10.1. The van der Waals surface area contributed by atoms with E-state index in [9.17, 15) is 9.59 Å². The number of benzene rings is 2. The van der Waals surface area contributed by atoms with E-state index in [0.29, 0.717) is 6.42 Å². The maximum Gasteiger partial charge on any atom is 0.329 e. The molecule has 2 aromatic carbocycles. The van der Waals surface area contributed by atoms with E-state index < -0.39 is 49.2 Å². The van der Waals surface area contributed by atoms with Crippen LogP contribution >= 0.6 is 0 Å². The lowest BCUT2D eigenvalue weighted by molar-refractivity contribution is 0.0501. The first-order valence-corrected chi connectivity index (χ1v) is 24.5. The average Bonchev–Trinajstić information content (AvgIpc) is 2.80. The van der Waals surface area contributed by atoms with Gasteiger partial charge >= 0.3 is 8.56 Å². The summed E-state index contributed by atoms with van der Waals surface area (Å²) in [7, 11) is -11.5. The second kappa shape index (κ2) is 11.5. The molecule has 0 radical (unpaired) electrons. The number of rotatable bonds is 13. The maximum atomic E-state index is 11.5. The summed E-state index contributed by atoms with van der Waals surface area (Å²) in [5.74, 6) is 0. The van der Waals surface area contributed by atoms with Gasteiger partial charge in [0.1, 0.15) is 0 Å². The molecule has 0 amide bonds. The Balaban J connectivity index is 2.90. The standard InChI is InChI=1S/C29H52O5Si4/c1-13-28(5,35(7,8)30)34-38(25-21-17-15-18-22-25,26-23-19-16-20-24-26)27(3,4)32-36(9,10)29(6,14-2)33-37(11,12)31/h15-24,30-31H,13-14H2,1-12H3/t28-,29?/m1/s1. The van der Waals surface area contributed by atoms with Crippen molar-refractivity contribution in [1.82, 2.24) is 0 Å². The molecule has 2 atom stereocenters. The largest absolute Gasteiger partial charge is 0.429 e. The predicted octanol–water partition coefficient (Wildman–Crippen LogP) is 5.63. The molecule has 9 heteroatoms. The third kappa shape index (κ3) is 6.69. The van der Waals surface area contributed by atoms with Crippen LogP contribution in [0.3, 0.4) is 0 Å². The fraction of sp³-hybridized carbons (Fsp3) is 0.586. The summed E-state index contributed by atoms with van der Waals surface area (Å²) < 4.78 is 21.4. The molecular weight excluding hydrogens is 541 g/mol. The zero-order valence-electron chi connectivity index (χ0n) is 25.8. The summed E-state index contributed by atoms with van der Waals surface area (Å²) in [6.45, 7) is 24.6. The first-order valence-electron chi connectivity index (χ1n) is 13.9. The molecule has 0 aliphatic heterocycles. The highest BCUT2D eigenvalue weighted by atomic mass is 28.4. The van der Waals surface area contributed by atoms with Gasteiger partial charge in [-0.15, -0.1) is 0 Å². The van der Waals surface area contributed by atoms with Crippen molar-refractivity contribution in [3.63, 3.8) is 0 Å². The van der Waals surface area contributed by atoms with Crippen LogP contribution in [0.15, 0.2) is 60.7 Å². The van der Waals surface area contributed by atoms with Gasteiger partial charge in [-0.25, -0.2) is 0 Å². The van der Waals surface area contributed by atoms with Gasteiger partial charge in [-0.05, 0) is 90.2 Å². The topological polar surface area (TPSA) is 68.2 Å². The van der Waals surface area contributed by atoms with Crippen LogP contribution in [0.5, 0.6) is 0 Å². The smallest absolute Gasteiger partial charge is 0.329 e. The molecule has 0 aliphatic rings. The van der Waals surface area contributed by atoms with Crippen molar-refractivity contribution in [2.75, 3.05) is 0 Å². The summed E-state index contributed by atoms with van der Waals surface area (Å²) in [5, 5.41) is 0.163. The Labute approximate surface area is 236 Å². The van der Waals surface area contributed by atoms with E-state index in [0.717, 1.165) is 16.8 Å². The van der Waals surface area contributed by atoms with Crippen LogP contribution in [0.2, 0.25) is 39.3 Å². The van der Waals surface area contributed by atoms with Crippen LogP contribution in [0.25, 0.3) is 0 Å². The van der Waals surface area contributed by atoms with Crippen LogP contribution in [0.4, 0.5) is 0 Å². The van der Waals surface area contributed by atoms with E-state index in [1.165, 1.54) is 0 Å². The molecule has 0 saturated carbocycles. The van der Waals surface area contributed by atoms with Crippen LogP contribution < -0.4 is 10.4 Å². The van der Waals surface area contributed by atoms with Gasteiger partial charge in [0.2, 0.25) is 16.6 Å². The molecule has 0 aromatic heterocycles. The molecular formula is C29H52O5Si4. The molecule has 0 aliphatic carbocycles. The van der Waals surface area contributed by atoms with Gasteiger partial charge < -0.3 is 22.9 Å². The van der Waals surface area contributed by atoms with E-state index >= 15 is 0 Å². The molecule has 2 N–H and O–H groups in total. The molecule has 0 heterocycles. The van der Waals surface area contributed by atoms with Crippen molar-refractivity contribution in [3.05, 3.63) is 60.7 Å². The normalized spacial score (nSPS) is 17.1. The van der Waals surface area contributed by atoms with Crippen molar-refractivity contribution < 1.29 is 22.9 Å². The van der Waals surface area contributed by atoms with Crippen LogP contribution in [0, 0.1) is 0 Å². The first kappa shape index (κ1) is 33.3. The molecule has 0 fully saturated rings. The summed E-state index contributed by atoms with van der Waals surface area (Å²) >= 11 is 0. The Bertz CT molecular complexity index is 995. The van der Waals surface area contributed by atoms with Gasteiger partial charge in [0, 0.05) is 0 Å². The number of hydrogen-bond acceptors (Lipinski definition) is 5. The zero-order valence-corrected chi connectivity index (χ0v) is 29.8. The highest BCUT2D eigenvalue weighted by molar-refractivity contribution is 7.00. The van der Waals surface area contributed by atoms with Crippen molar-refractivity contribution in [2.24, 2.45) is 0 Å². The molecule has 0 spiro atoms. The van der Waals surface area contributed by atoms with Crippen molar-refractivity contribution in [1.29, 1.82) is 0 Å². The lowest BCUT2D eigenvalue weighted by atomic mass is 10.3. The quantitative estimate of drug-likeness (QED) is 0.295. The Hall–Kier alpha value is -0.892. The lowest BCUT2D eigenvalue weighted by Crippen LogP contribution is -2.80. The van der Waals surface area contributed by atoms with Gasteiger partial charge in [0.25, 0.3) is 8.32 Å². The lowest BCUT2D eigenvalue weighted by Gasteiger charge is -2.55. The average molecular weight is 593 g/mol. The van der Waals surface area contributed by atoms with Gasteiger partial charge in [0.05, 0.1) is 15.7 Å². The Morgan fingerprint density at radius 3 is 1.32 bits per heavy atom. The van der Waals surface area contributed by atoms with Gasteiger partial charge in [-0.1, -0.05) is 74.5 Å². The summed E-state index contributed by atoms with van der Waals surface area (Å²) in [4.78, 5) is 22.3. The van der Waals surface area contributed by atoms with Crippen molar-refractivity contribution >= 4 is 43.9 Å². The third-order valence-corrected chi connectivity index (χ3v) is 22.0. The maximum absolute atomic E-state index is 11.5. The van der Waals surface area contributed by atoms with Crippen LogP contribution in [-0.4, -0.2) is 58.8 Å². The first-order chi connectivity index (χ1) is 17.2. The van der Waals surface area contributed by atoms with Gasteiger partial charge in [-0.3, -0.25) is 0 Å². The van der Waals surface area contributed by atoms with Crippen LogP contribution in [-0.2, 0) is 13.3 Å². The van der Waals surface area contributed by atoms with Gasteiger partial charge in [0.15, 0.2) is 0 Å². The van der Waals surface area contributed by atoms with Gasteiger partial charge in [-0.2, -0.15) is 0 Å². The second-order valence-corrected chi connectivity index (χ2v) is 28.4. The predicted molar refractivity (Wildman–Crippen MR) is 170 cm³/mol. The third-order valence-electron chi connectivity index (χ3n) is 8.49. The summed E-state index contributed by atoms with van der Waals surface area (Å²) in [6.07, 6.45) is 1.42. The molecule has 38 heavy (non-hydrogen) atoms. The molecule has 5 nitrogen and oxygen atoms in total. The summed E-state index contributed by atoms with van der Waals surface area (Å²) in [5.41, 5.74) is 0. The van der Waals surface area contributed by atoms with Crippen molar-refractivity contribution in [3.8, 4) is 0 Å². The van der Waals surface area contributed by atoms with E-state index in [1.807, 2.05) is 38.3 Å². The summed E-state index contributed by atoms with van der Waals surface area (Å²) in [6, 6.07) is 20.9. The number of hydrogen-bond donors (Lipinski definition) is 2. The van der Waals surface area contributed by atoms with Crippen LogP contribution in [0.1, 0.15) is 54.4 Å². The van der Waals surface area contributed by atoms with E-state index in [1.54, 1.807) is 0 Å². The highest BCUT2D eigenvalue weighted by Gasteiger charge is 2.62. The minimum Gasteiger partial charge on any atom is -0.429 e. The van der Waals surface area contributed by atoms with E-state index in [2.05, 4.69) is 103 Å². The SMILES string of the molecule is CCC(C)(O[Si](C)(C)O)[Si](C)(C)OC(C)(C)[Si](O[C@@](C)(CC)[Si](C)(C)O)(c1ccccc1)c1ccccc1. The van der Waals surface area contributed by atoms with Crippen molar-refractivity contribution in [2.45, 2.75) is 109 Å². The molecule has 1 unspecified atom stereocenters. The fourth-order valence-electron chi connectivity index (χ4n) is 5.41.